The Morgan fingerprint density at radius 3 is 2.67 bits per heavy atom. The first-order chi connectivity index (χ1) is 4.20. The number of hydrogen-bond donors (Lipinski definition) is 0. The van der Waals surface area contributed by atoms with Crippen molar-refractivity contribution in [1.82, 2.24) is 0 Å². The van der Waals surface area contributed by atoms with Crippen molar-refractivity contribution in [3.63, 3.8) is 0 Å². The summed E-state index contributed by atoms with van der Waals surface area (Å²) in [7, 11) is 4.21. The van der Waals surface area contributed by atoms with Crippen LogP contribution in [0.5, 0.6) is 0 Å². The number of hydrogen-bond acceptors (Lipinski definition) is 1. The summed E-state index contributed by atoms with van der Waals surface area (Å²) in [6, 6.07) is 0. The second-order valence-electron chi connectivity index (χ2n) is 2.77. The van der Waals surface area contributed by atoms with Gasteiger partial charge in [-0.2, -0.15) is 0 Å². The monoisotopic (exact) mass is 166 g/mol. The lowest BCUT2D eigenvalue weighted by Crippen LogP contribution is -2.05. The van der Waals surface area contributed by atoms with Crippen molar-refractivity contribution in [3.05, 3.63) is 0 Å². The van der Waals surface area contributed by atoms with Crippen molar-refractivity contribution < 1.29 is 4.21 Å². The molecule has 0 spiro atoms. The molecule has 1 rings (SSSR count). The topological polar surface area (TPSA) is 17.1 Å². The van der Waals surface area contributed by atoms with Gasteiger partial charge in [0.05, 0.1) is 0 Å². The summed E-state index contributed by atoms with van der Waals surface area (Å²) in [4.78, 5) is 0. The molecule has 2 unspecified atom stereocenters. The van der Waals surface area contributed by atoms with E-state index in [4.69, 9.17) is 10.7 Å². The molecule has 0 heterocycles. The van der Waals surface area contributed by atoms with E-state index in [1.807, 2.05) is 0 Å². The van der Waals surface area contributed by atoms with E-state index < -0.39 is 10.0 Å². The molecule has 54 valence electrons. The van der Waals surface area contributed by atoms with E-state index in [1.54, 1.807) is 0 Å². The van der Waals surface area contributed by atoms with Crippen LogP contribution in [0, 0.1) is 11.8 Å². The van der Waals surface area contributed by atoms with E-state index >= 15 is 0 Å². The Balaban J connectivity index is 2.17. The highest BCUT2D eigenvalue weighted by Gasteiger charge is 2.28. The van der Waals surface area contributed by atoms with E-state index in [9.17, 15) is 4.21 Å². The fourth-order valence-electron chi connectivity index (χ4n) is 1.01. The van der Waals surface area contributed by atoms with Gasteiger partial charge in [0.2, 0.25) is 0 Å². The van der Waals surface area contributed by atoms with Crippen molar-refractivity contribution in [2.45, 2.75) is 19.8 Å². The molecular weight excluding hydrogens is 156 g/mol. The Kier molecular flexibility index (Phi) is 2.53. The van der Waals surface area contributed by atoms with Gasteiger partial charge in [-0.05, 0) is 35.4 Å². The SMILES string of the molecule is CC(CS(=O)Cl)C1CC1. The maximum absolute atomic E-state index is 10.5. The molecule has 0 aromatic rings. The summed E-state index contributed by atoms with van der Waals surface area (Å²) in [5.74, 6) is 2.07. The molecule has 0 aliphatic heterocycles. The summed E-state index contributed by atoms with van der Waals surface area (Å²) < 4.78 is 10.5. The third kappa shape index (κ3) is 2.67. The zero-order valence-electron chi connectivity index (χ0n) is 5.47. The standard InChI is InChI=1S/C6H11ClOS/c1-5(4-9(7)8)6-2-3-6/h5-6H,2-4H2,1H3. The van der Waals surface area contributed by atoms with Gasteiger partial charge in [0.1, 0.15) is 10.0 Å². The summed E-state index contributed by atoms with van der Waals surface area (Å²) in [6.07, 6.45) is 2.63. The Bertz CT molecular complexity index is 122. The van der Waals surface area contributed by atoms with Gasteiger partial charge in [0, 0.05) is 5.75 Å². The molecule has 2 atom stereocenters. The average Bonchev–Trinajstić information content (AvgIpc) is 2.40. The van der Waals surface area contributed by atoms with Crippen LogP contribution in [0.4, 0.5) is 0 Å². The van der Waals surface area contributed by atoms with Gasteiger partial charge in [0.15, 0.2) is 0 Å². The van der Waals surface area contributed by atoms with Gasteiger partial charge < -0.3 is 0 Å². The van der Waals surface area contributed by atoms with Gasteiger partial charge in [0.25, 0.3) is 0 Å². The highest BCUT2D eigenvalue weighted by Crippen LogP contribution is 2.36. The molecule has 3 heteroatoms. The molecule has 9 heavy (non-hydrogen) atoms. The largest absolute Gasteiger partial charge is 0.243 e. The van der Waals surface area contributed by atoms with E-state index in [-0.39, 0.29) is 0 Å². The molecule has 0 amide bonds. The van der Waals surface area contributed by atoms with Crippen LogP contribution in [-0.2, 0) is 10.0 Å². The molecule has 1 saturated carbocycles. The first-order valence-corrected chi connectivity index (χ1v) is 5.39. The third-order valence-corrected chi connectivity index (χ3v) is 2.99. The van der Waals surface area contributed by atoms with Crippen LogP contribution in [0.15, 0.2) is 0 Å². The first-order valence-electron chi connectivity index (χ1n) is 3.25. The lowest BCUT2D eigenvalue weighted by Gasteiger charge is -2.03. The molecule has 1 aliphatic rings. The van der Waals surface area contributed by atoms with E-state index in [2.05, 4.69) is 6.92 Å². The Labute approximate surface area is 62.7 Å². The van der Waals surface area contributed by atoms with Crippen LogP contribution in [0.3, 0.4) is 0 Å². The fourth-order valence-corrected chi connectivity index (χ4v) is 2.29. The normalized spacial score (nSPS) is 25.6. The minimum absolute atomic E-state index is 0.573. The van der Waals surface area contributed by atoms with Crippen LogP contribution in [0.1, 0.15) is 19.8 Å². The van der Waals surface area contributed by atoms with E-state index in [0.29, 0.717) is 11.7 Å². The highest BCUT2D eigenvalue weighted by molar-refractivity contribution is 8.08. The quantitative estimate of drug-likeness (QED) is 0.586. The molecule has 0 N–H and O–H groups in total. The maximum atomic E-state index is 10.5. The molecule has 0 aromatic heterocycles. The Morgan fingerprint density at radius 2 is 2.33 bits per heavy atom. The summed E-state index contributed by atoms with van der Waals surface area (Å²) >= 11 is 0. The molecule has 0 aromatic carbocycles. The summed E-state index contributed by atoms with van der Waals surface area (Å²) in [6.45, 7) is 2.12. The third-order valence-electron chi connectivity index (χ3n) is 1.82. The molecular formula is C6H11ClOS. The molecule has 1 nitrogen and oxygen atoms in total. The molecule has 0 radical (unpaired) electrons. The summed E-state index contributed by atoms with van der Waals surface area (Å²) in [5, 5.41) is 0. The van der Waals surface area contributed by atoms with Crippen LogP contribution >= 0.6 is 10.7 Å². The second-order valence-corrected chi connectivity index (χ2v) is 4.72. The zero-order valence-corrected chi connectivity index (χ0v) is 7.04. The number of rotatable bonds is 3. The molecule has 1 fully saturated rings. The van der Waals surface area contributed by atoms with Crippen molar-refractivity contribution in [2.24, 2.45) is 11.8 Å². The molecule has 1 aliphatic carbocycles. The van der Waals surface area contributed by atoms with Crippen molar-refractivity contribution in [1.29, 1.82) is 0 Å². The van der Waals surface area contributed by atoms with Crippen LogP contribution in [-0.4, -0.2) is 9.96 Å². The van der Waals surface area contributed by atoms with Crippen molar-refractivity contribution in [2.75, 3.05) is 5.75 Å². The van der Waals surface area contributed by atoms with Crippen molar-refractivity contribution >= 4 is 20.7 Å². The smallest absolute Gasteiger partial charge is 0.115 e. The second kappa shape index (κ2) is 3.02. The molecule has 0 bridgehead atoms. The minimum Gasteiger partial charge on any atom is -0.243 e. The number of halogens is 1. The predicted molar refractivity (Wildman–Crippen MR) is 40.8 cm³/mol. The lowest BCUT2D eigenvalue weighted by atomic mass is 10.1. The minimum atomic E-state index is -1.10. The molecule has 0 saturated heterocycles. The fraction of sp³-hybridized carbons (Fsp3) is 1.00. The average molecular weight is 167 g/mol. The van der Waals surface area contributed by atoms with Gasteiger partial charge >= 0.3 is 0 Å². The van der Waals surface area contributed by atoms with E-state index in [0.717, 1.165) is 5.92 Å². The van der Waals surface area contributed by atoms with Crippen LogP contribution < -0.4 is 0 Å². The van der Waals surface area contributed by atoms with Gasteiger partial charge in [-0.1, -0.05) is 6.92 Å². The van der Waals surface area contributed by atoms with Crippen LogP contribution in [0.25, 0.3) is 0 Å². The van der Waals surface area contributed by atoms with Gasteiger partial charge in [-0.25, -0.2) is 4.21 Å². The summed E-state index contributed by atoms with van der Waals surface area (Å²) in [5.41, 5.74) is 0. The van der Waals surface area contributed by atoms with E-state index in [1.165, 1.54) is 12.8 Å². The maximum Gasteiger partial charge on any atom is 0.115 e. The van der Waals surface area contributed by atoms with Gasteiger partial charge in [-0.3, -0.25) is 0 Å². The van der Waals surface area contributed by atoms with Crippen LogP contribution in [0.2, 0.25) is 0 Å². The first kappa shape index (κ1) is 7.55. The van der Waals surface area contributed by atoms with Crippen molar-refractivity contribution in [3.8, 4) is 0 Å². The Hall–Kier alpha value is 0.440. The zero-order chi connectivity index (χ0) is 6.85. The lowest BCUT2D eigenvalue weighted by molar-refractivity contribution is 0.565. The predicted octanol–water partition coefficient (Wildman–Crippen LogP) is 1.94. The van der Waals surface area contributed by atoms with Gasteiger partial charge in [-0.15, -0.1) is 0 Å². The Morgan fingerprint density at radius 1 is 1.78 bits per heavy atom. The highest BCUT2D eigenvalue weighted by atomic mass is 35.7.